The van der Waals surface area contributed by atoms with Crippen LogP contribution in [0.4, 0.5) is 0 Å². The number of rotatable bonds is 2. The summed E-state index contributed by atoms with van der Waals surface area (Å²) in [5.74, 6) is 0. The summed E-state index contributed by atoms with van der Waals surface area (Å²) in [7, 11) is -3.49. The largest absolute Gasteiger partial charge is 0.373 e. The maximum Gasteiger partial charge on any atom is 0.244 e. The number of morpholine rings is 1. The molecule has 0 radical (unpaired) electrons. The van der Waals surface area contributed by atoms with Gasteiger partial charge in [-0.25, -0.2) is 8.42 Å². The Bertz CT molecular complexity index is 525. The second-order valence-corrected chi connectivity index (χ2v) is 7.27. The van der Waals surface area contributed by atoms with Crippen LogP contribution in [-0.4, -0.2) is 43.0 Å². The molecule has 0 spiro atoms. The predicted molar refractivity (Wildman–Crippen MR) is 70.7 cm³/mol. The standard InChI is InChI=1S/C11H15BrN2O3S/c1-8-6-14(7-9(2)17-8)18(15,16)11-3-10(12)4-13-5-11/h3-5,8-9H,6-7H2,1-2H3/t8-,9+. The van der Waals surface area contributed by atoms with Crippen molar-refractivity contribution in [2.24, 2.45) is 0 Å². The lowest BCUT2D eigenvalue weighted by atomic mass is 10.3. The molecule has 2 atom stereocenters. The third-order valence-electron chi connectivity index (χ3n) is 2.70. The van der Waals surface area contributed by atoms with Crippen LogP contribution in [0.25, 0.3) is 0 Å². The summed E-state index contributed by atoms with van der Waals surface area (Å²) in [6, 6.07) is 1.56. The van der Waals surface area contributed by atoms with Crippen molar-refractivity contribution in [3.05, 3.63) is 22.9 Å². The highest BCUT2D eigenvalue weighted by Crippen LogP contribution is 2.22. The molecule has 0 aromatic carbocycles. The van der Waals surface area contributed by atoms with Crippen LogP contribution in [0, 0.1) is 0 Å². The maximum absolute atomic E-state index is 12.4. The van der Waals surface area contributed by atoms with Gasteiger partial charge in [0.25, 0.3) is 0 Å². The van der Waals surface area contributed by atoms with Gasteiger partial charge in [-0.05, 0) is 35.8 Å². The van der Waals surface area contributed by atoms with Crippen LogP contribution >= 0.6 is 15.9 Å². The molecule has 0 bridgehead atoms. The Morgan fingerprint density at radius 1 is 1.33 bits per heavy atom. The molecule has 0 aliphatic carbocycles. The number of pyridine rings is 1. The van der Waals surface area contributed by atoms with Crippen LogP contribution in [0.15, 0.2) is 27.8 Å². The van der Waals surface area contributed by atoms with Crippen molar-refractivity contribution in [1.29, 1.82) is 0 Å². The number of hydrogen-bond donors (Lipinski definition) is 0. The molecule has 0 N–H and O–H groups in total. The Labute approximate surface area is 115 Å². The number of sulfonamides is 1. The summed E-state index contributed by atoms with van der Waals surface area (Å²) in [5.41, 5.74) is 0. The molecule has 2 rings (SSSR count). The SMILES string of the molecule is C[C@@H]1CN(S(=O)(=O)c2cncc(Br)c2)C[C@H](C)O1. The Balaban J connectivity index is 2.31. The molecule has 0 unspecified atom stereocenters. The Hall–Kier alpha value is -0.500. The van der Waals surface area contributed by atoms with Crippen molar-refractivity contribution >= 4 is 26.0 Å². The lowest BCUT2D eigenvalue weighted by Gasteiger charge is -2.34. The van der Waals surface area contributed by atoms with Gasteiger partial charge in [-0.15, -0.1) is 0 Å². The van der Waals surface area contributed by atoms with E-state index >= 15 is 0 Å². The lowest BCUT2D eigenvalue weighted by molar-refractivity contribution is -0.0440. The number of hydrogen-bond acceptors (Lipinski definition) is 4. The van der Waals surface area contributed by atoms with E-state index in [0.29, 0.717) is 17.6 Å². The van der Waals surface area contributed by atoms with E-state index in [-0.39, 0.29) is 17.1 Å². The average molecular weight is 335 g/mol. The average Bonchev–Trinajstić information content (AvgIpc) is 2.27. The molecule has 2 heterocycles. The lowest BCUT2D eigenvalue weighted by Crippen LogP contribution is -2.48. The number of nitrogens with zero attached hydrogens (tertiary/aromatic N) is 2. The van der Waals surface area contributed by atoms with E-state index in [1.165, 1.54) is 10.5 Å². The predicted octanol–water partition coefficient (Wildman–Crippen LogP) is 1.64. The van der Waals surface area contributed by atoms with Gasteiger partial charge in [0.2, 0.25) is 10.0 Å². The van der Waals surface area contributed by atoms with Crippen LogP contribution < -0.4 is 0 Å². The molecule has 1 aliphatic rings. The van der Waals surface area contributed by atoms with Crippen LogP contribution in [-0.2, 0) is 14.8 Å². The summed E-state index contributed by atoms with van der Waals surface area (Å²) in [5, 5.41) is 0. The normalized spacial score (nSPS) is 26.2. The van der Waals surface area contributed by atoms with Gasteiger partial charge in [-0.1, -0.05) is 0 Å². The number of aromatic nitrogens is 1. The number of ether oxygens (including phenoxy) is 1. The van der Waals surface area contributed by atoms with Gasteiger partial charge < -0.3 is 4.74 Å². The van der Waals surface area contributed by atoms with E-state index in [1.54, 1.807) is 12.3 Å². The van der Waals surface area contributed by atoms with Gasteiger partial charge in [-0.2, -0.15) is 4.31 Å². The van der Waals surface area contributed by atoms with E-state index in [9.17, 15) is 8.42 Å². The molecule has 1 aromatic heterocycles. The summed E-state index contributed by atoms with van der Waals surface area (Å²) in [4.78, 5) is 4.11. The highest BCUT2D eigenvalue weighted by Gasteiger charge is 2.32. The highest BCUT2D eigenvalue weighted by atomic mass is 79.9. The molecule has 1 saturated heterocycles. The van der Waals surface area contributed by atoms with Gasteiger partial charge in [-0.3, -0.25) is 4.98 Å². The van der Waals surface area contributed by atoms with Gasteiger partial charge in [0.1, 0.15) is 4.90 Å². The topological polar surface area (TPSA) is 59.5 Å². The molecule has 0 saturated carbocycles. The third-order valence-corrected chi connectivity index (χ3v) is 4.93. The van der Waals surface area contributed by atoms with Crippen molar-refractivity contribution in [3.63, 3.8) is 0 Å². The monoisotopic (exact) mass is 334 g/mol. The quantitative estimate of drug-likeness (QED) is 0.824. The summed E-state index contributed by atoms with van der Waals surface area (Å²) < 4.78 is 32.5. The molecule has 5 nitrogen and oxygen atoms in total. The Morgan fingerprint density at radius 2 is 1.94 bits per heavy atom. The van der Waals surface area contributed by atoms with E-state index in [4.69, 9.17) is 4.74 Å². The molecule has 18 heavy (non-hydrogen) atoms. The summed E-state index contributed by atoms with van der Waals surface area (Å²) in [6.07, 6.45) is 2.74. The molecule has 1 fully saturated rings. The van der Waals surface area contributed by atoms with Crippen LogP contribution in [0.1, 0.15) is 13.8 Å². The minimum atomic E-state index is -3.49. The van der Waals surface area contributed by atoms with Crippen LogP contribution in [0.3, 0.4) is 0 Å². The Kier molecular flexibility index (Phi) is 4.05. The van der Waals surface area contributed by atoms with Crippen molar-refractivity contribution in [2.75, 3.05) is 13.1 Å². The molecule has 100 valence electrons. The highest BCUT2D eigenvalue weighted by molar-refractivity contribution is 9.10. The first-order chi connectivity index (χ1) is 8.39. The third kappa shape index (κ3) is 2.90. The molecule has 0 amide bonds. The molecular weight excluding hydrogens is 320 g/mol. The van der Waals surface area contributed by atoms with Crippen LogP contribution in [0.5, 0.6) is 0 Å². The van der Waals surface area contributed by atoms with E-state index in [0.717, 1.165) is 0 Å². The first-order valence-corrected chi connectivity index (χ1v) is 7.89. The van der Waals surface area contributed by atoms with Crippen molar-refractivity contribution in [2.45, 2.75) is 31.0 Å². The number of halogens is 1. The second-order valence-electron chi connectivity index (χ2n) is 4.42. The van der Waals surface area contributed by atoms with Gasteiger partial charge in [0.05, 0.1) is 12.2 Å². The summed E-state index contributed by atoms with van der Waals surface area (Å²) >= 11 is 3.23. The fraction of sp³-hybridized carbons (Fsp3) is 0.545. The minimum Gasteiger partial charge on any atom is -0.373 e. The smallest absolute Gasteiger partial charge is 0.244 e. The second kappa shape index (κ2) is 5.24. The molecular formula is C11H15BrN2O3S. The summed E-state index contributed by atoms with van der Waals surface area (Å²) in [6.45, 7) is 4.49. The zero-order chi connectivity index (χ0) is 13.3. The van der Waals surface area contributed by atoms with Gasteiger partial charge in [0, 0.05) is 30.0 Å². The van der Waals surface area contributed by atoms with E-state index < -0.39 is 10.0 Å². The molecule has 7 heteroatoms. The first-order valence-electron chi connectivity index (χ1n) is 5.66. The maximum atomic E-state index is 12.4. The van der Waals surface area contributed by atoms with Crippen molar-refractivity contribution < 1.29 is 13.2 Å². The van der Waals surface area contributed by atoms with Gasteiger partial charge in [0.15, 0.2) is 0 Å². The van der Waals surface area contributed by atoms with Crippen molar-refractivity contribution in [1.82, 2.24) is 9.29 Å². The first kappa shape index (κ1) is 13.9. The molecule has 1 aromatic rings. The van der Waals surface area contributed by atoms with E-state index in [1.807, 2.05) is 13.8 Å². The zero-order valence-corrected chi connectivity index (χ0v) is 12.6. The fourth-order valence-electron chi connectivity index (χ4n) is 2.01. The van der Waals surface area contributed by atoms with Gasteiger partial charge >= 0.3 is 0 Å². The van der Waals surface area contributed by atoms with E-state index in [2.05, 4.69) is 20.9 Å². The molecule has 1 aliphatic heterocycles. The van der Waals surface area contributed by atoms with Crippen molar-refractivity contribution in [3.8, 4) is 0 Å². The zero-order valence-electron chi connectivity index (χ0n) is 10.2. The Morgan fingerprint density at radius 3 is 2.50 bits per heavy atom. The fourth-order valence-corrected chi connectivity index (χ4v) is 4.11. The van der Waals surface area contributed by atoms with Crippen LogP contribution in [0.2, 0.25) is 0 Å². The minimum absolute atomic E-state index is 0.0939.